The van der Waals surface area contributed by atoms with E-state index in [9.17, 15) is 24.0 Å². The molecular weight excluding hydrogens is 599 g/mol. The van der Waals surface area contributed by atoms with Crippen molar-refractivity contribution in [1.29, 1.82) is 0 Å². The molecule has 3 aromatic rings. The lowest BCUT2D eigenvalue weighted by atomic mass is 10.1. The number of carbonyl (C=O) groups excluding carboxylic acids is 3. The topological polar surface area (TPSA) is 206 Å². The van der Waals surface area contributed by atoms with E-state index in [0.717, 1.165) is 0 Å². The molecule has 2 aromatic carbocycles. The highest BCUT2D eigenvalue weighted by molar-refractivity contribution is 6.12. The first-order valence-corrected chi connectivity index (χ1v) is 12.3. The molecule has 16 heteroatoms. The Hall–Kier alpha value is -4.11. The van der Waals surface area contributed by atoms with Gasteiger partial charge in [-0.2, -0.15) is 0 Å². The molecule has 0 saturated carbocycles. The summed E-state index contributed by atoms with van der Waals surface area (Å²) in [7, 11) is 2.98. The first-order chi connectivity index (χ1) is 19.1. The summed E-state index contributed by atoms with van der Waals surface area (Å²) in [6.07, 6.45) is -1.58. The SMILES string of the molecule is CN[C@@H](CCNC(=O)Oc1c2ccccc2c(OC(=O)NCC[C@@H](NC)C(=O)O)c2cc(C(C)=O)oc12)C(=O)O.Cl.Cl. The molecule has 0 saturated heterocycles. The second-order valence-corrected chi connectivity index (χ2v) is 8.68. The van der Waals surface area contributed by atoms with E-state index in [-0.39, 0.29) is 79.0 Å². The second kappa shape index (κ2) is 16.4. The molecule has 0 aliphatic rings. The van der Waals surface area contributed by atoms with Gasteiger partial charge in [-0.15, -0.1) is 24.8 Å². The third-order valence-electron chi connectivity index (χ3n) is 6.03. The maximum atomic E-state index is 12.6. The maximum absolute atomic E-state index is 12.6. The van der Waals surface area contributed by atoms with Crippen molar-refractivity contribution in [2.75, 3.05) is 27.2 Å². The highest BCUT2D eigenvalue weighted by Gasteiger charge is 2.25. The number of halogens is 2. The summed E-state index contributed by atoms with van der Waals surface area (Å²) in [4.78, 5) is 59.7. The van der Waals surface area contributed by atoms with Crippen LogP contribution in [0.15, 0.2) is 34.7 Å². The van der Waals surface area contributed by atoms with Crippen molar-refractivity contribution in [1.82, 2.24) is 21.3 Å². The van der Waals surface area contributed by atoms with Crippen LogP contribution >= 0.6 is 24.8 Å². The van der Waals surface area contributed by atoms with Gasteiger partial charge in [0.15, 0.2) is 28.6 Å². The van der Waals surface area contributed by atoms with Gasteiger partial charge in [0.2, 0.25) is 0 Å². The predicted octanol–water partition coefficient (Wildman–Crippen LogP) is 2.93. The first kappa shape index (κ1) is 35.9. The van der Waals surface area contributed by atoms with Gasteiger partial charge in [0, 0.05) is 30.8 Å². The molecule has 230 valence electrons. The largest absolute Gasteiger partial charge is 0.480 e. The lowest BCUT2D eigenvalue weighted by Gasteiger charge is -2.15. The van der Waals surface area contributed by atoms with E-state index in [0.29, 0.717) is 10.8 Å². The fraction of sp³-hybridized carbons (Fsp3) is 0.346. The average molecular weight is 631 g/mol. The van der Waals surface area contributed by atoms with Gasteiger partial charge < -0.3 is 45.4 Å². The second-order valence-electron chi connectivity index (χ2n) is 8.68. The van der Waals surface area contributed by atoms with E-state index in [4.69, 9.17) is 24.1 Å². The van der Waals surface area contributed by atoms with E-state index in [2.05, 4.69) is 21.3 Å². The molecular formula is C26H32Cl2N4O10. The van der Waals surface area contributed by atoms with Gasteiger partial charge >= 0.3 is 24.1 Å². The molecule has 0 aliphatic heterocycles. The van der Waals surface area contributed by atoms with Crippen molar-refractivity contribution in [2.45, 2.75) is 31.8 Å². The van der Waals surface area contributed by atoms with Crippen LogP contribution in [0.3, 0.4) is 0 Å². The third kappa shape index (κ3) is 8.69. The molecule has 0 fully saturated rings. The van der Waals surface area contributed by atoms with Crippen LogP contribution in [0, 0.1) is 0 Å². The monoisotopic (exact) mass is 630 g/mol. The zero-order chi connectivity index (χ0) is 29.4. The minimum Gasteiger partial charge on any atom is -0.480 e. The number of carbonyl (C=O) groups is 5. The third-order valence-corrected chi connectivity index (χ3v) is 6.03. The summed E-state index contributed by atoms with van der Waals surface area (Å²) in [6.45, 7) is 1.27. The van der Waals surface area contributed by atoms with E-state index in [1.807, 2.05) is 0 Å². The van der Waals surface area contributed by atoms with Gasteiger partial charge in [0.25, 0.3) is 0 Å². The van der Waals surface area contributed by atoms with E-state index < -0.39 is 42.0 Å². The number of hydrogen-bond acceptors (Lipinski definition) is 10. The number of benzene rings is 2. The van der Waals surface area contributed by atoms with Crippen molar-refractivity contribution in [3.63, 3.8) is 0 Å². The number of likely N-dealkylation sites (N-methyl/N-ethyl adjacent to an activating group) is 2. The summed E-state index contributed by atoms with van der Waals surface area (Å²) in [5.41, 5.74) is -0.0263. The summed E-state index contributed by atoms with van der Waals surface area (Å²) < 4.78 is 16.9. The fourth-order valence-electron chi connectivity index (χ4n) is 3.94. The molecule has 3 rings (SSSR count). The number of Topliss-reactive ketones (excluding diaryl/α,β-unsaturated/α-hetero) is 1. The normalized spacial score (nSPS) is 11.9. The minimum atomic E-state index is -1.07. The first-order valence-electron chi connectivity index (χ1n) is 12.3. The van der Waals surface area contributed by atoms with Gasteiger partial charge in [-0.1, -0.05) is 24.3 Å². The molecule has 14 nitrogen and oxygen atoms in total. The van der Waals surface area contributed by atoms with E-state index in [1.165, 1.54) is 27.1 Å². The van der Waals surface area contributed by atoms with E-state index >= 15 is 0 Å². The number of carboxylic acid groups (broad SMARTS) is 2. The molecule has 1 heterocycles. The number of fused-ring (bicyclic) bond motifs is 2. The molecule has 6 N–H and O–H groups in total. The summed E-state index contributed by atoms with van der Waals surface area (Å²) in [5.74, 6) is -2.63. The number of ether oxygens (including phenoxy) is 2. The van der Waals surface area contributed by atoms with Crippen LogP contribution in [0.25, 0.3) is 21.7 Å². The number of furan rings is 1. The van der Waals surface area contributed by atoms with Gasteiger partial charge in [-0.25, -0.2) is 9.59 Å². The summed E-state index contributed by atoms with van der Waals surface area (Å²) in [6, 6.07) is 6.18. The number of carboxylic acids is 2. The lowest BCUT2D eigenvalue weighted by molar-refractivity contribution is -0.140. The van der Waals surface area contributed by atoms with Crippen LogP contribution < -0.4 is 30.7 Å². The number of nitrogens with one attached hydrogen (secondary N) is 4. The Labute approximate surface area is 252 Å². The highest BCUT2D eigenvalue weighted by Crippen LogP contribution is 2.44. The Bertz CT molecular complexity index is 1350. The molecule has 42 heavy (non-hydrogen) atoms. The van der Waals surface area contributed by atoms with Gasteiger partial charge in [0.1, 0.15) is 12.1 Å². The van der Waals surface area contributed by atoms with Crippen molar-refractivity contribution < 1.29 is 48.1 Å². The Kier molecular flexibility index (Phi) is 14.0. The quantitative estimate of drug-likeness (QED) is 0.151. The fourth-order valence-corrected chi connectivity index (χ4v) is 3.94. The summed E-state index contributed by atoms with van der Waals surface area (Å²) in [5, 5.41) is 29.4. The smallest absolute Gasteiger partial charge is 0.412 e. The number of rotatable bonds is 13. The Morgan fingerprint density at radius 2 is 1.24 bits per heavy atom. The van der Waals surface area contributed by atoms with Crippen LogP contribution in [0.1, 0.15) is 30.3 Å². The molecule has 1 aromatic heterocycles. The Morgan fingerprint density at radius 3 is 1.67 bits per heavy atom. The lowest BCUT2D eigenvalue weighted by Crippen LogP contribution is -2.38. The highest BCUT2D eigenvalue weighted by atomic mass is 35.5. The van der Waals surface area contributed by atoms with Crippen LogP contribution in [0.5, 0.6) is 11.5 Å². The molecule has 0 bridgehead atoms. The van der Waals surface area contributed by atoms with Crippen molar-refractivity contribution in [2.24, 2.45) is 0 Å². The zero-order valence-corrected chi connectivity index (χ0v) is 24.5. The molecule has 2 atom stereocenters. The Balaban J connectivity index is 0.00000441. The van der Waals surface area contributed by atoms with Crippen LogP contribution in [0.2, 0.25) is 0 Å². The van der Waals surface area contributed by atoms with Crippen LogP contribution in [0.4, 0.5) is 9.59 Å². The van der Waals surface area contributed by atoms with Crippen molar-refractivity contribution in [3.8, 4) is 11.5 Å². The van der Waals surface area contributed by atoms with Crippen molar-refractivity contribution >= 4 is 76.5 Å². The van der Waals surface area contributed by atoms with Crippen molar-refractivity contribution in [3.05, 3.63) is 36.1 Å². The predicted molar refractivity (Wildman–Crippen MR) is 156 cm³/mol. The molecule has 2 amide bonds. The number of hydrogen-bond donors (Lipinski definition) is 6. The molecule has 0 radical (unpaired) electrons. The molecule has 0 unspecified atom stereocenters. The number of ketones is 1. The Morgan fingerprint density at radius 1 is 0.786 bits per heavy atom. The minimum absolute atomic E-state index is 0. The van der Waals surface area contributed by atoms with E-state index in [1.54, 1.807) is 24.3 Å². The summed E-state index contributed by atoms with van der Waals surface area (Å²) >= 11 is 0. The number of amides is 2. The average Bonchev–Trinajstić information content (AvgIpc) is 3.36. The molecule has 0 aliphatic carbocycles. The number of aliphatic carboxylic acids is 2. The standard InChI is InChI=1S/C26H30N4O10.2ClH/c1-13(31)19-12-16-20(39-25(36)29-10-8-17(27-2)23(32)33)14-6-4-5-7-15(14)21(22(16)38-19)40-26(37)30-11-9-18(28-3)24(34)35;;/h4-7,12,17-18,27-28H,8-11H2,1-3H3,(H,29,36)(H,30,37)(H,32,33)(H,34,35);2*1H/t17-,18+;;/m1../s1. The van der Waals surface area contributed by atoms with Gasteiger partial charge in [-0.05, 0) is 33.0 Å². The molecule has 0 spiro atoms. The van der Waals surface area contributed by atoms with Crippen LogP contribution in [-0.4, -0.2) is 79.4 Å². The van der Waals surface area contributed by atoms with Gasteiger partial charge in [0.05, 0.1) is 5.39 Å². The van der Waals surface area contributed by atoms with Crippen LogP contribution in [-0.2, 0) is 9.59 Å². The van der Waals surface area contributed by atoms with Gasteiger partial charge in [-0.3, -0.25) is 14.4 Å². The zero-order valence-electron chi connectivity index (χ0n) is 22.8. The maximum Gasteiger partial charge on any atom is 0.412 e.